The molecule has 0 bridgehead atoms. The highest BCUT2D eigenvalue weighted by Gasteiger charge is 2.06. The van der Waals surface area contributed by atoms with Gasteiger partial charge in [0.2, 0.25) is 0 Å². The summed E-state index contributed by atoms with van der Waals surface area (Å²) in [6.45, 7) is 3.56. The molecule has 0 saturated carbocycles. The second-order valence-electron chi connectivity index (χ2n) is 3.28. The van der Waals surface area contributed by atoms with E-state index in [0.29, 0.717) is 6.42 Å². The Morgan fingerprint density at radius 3 is 2.64 bits per heavy atom. The van der Waals surface area contributed by atoms with Crippen LogP contribution in [0.25, 0.3) is 0 Å². The first-order chi connectivity index (χ1) is 6.54. The van der Waals surface area contributed by atoms with Gasteiger partial charge in [0.1, 0.15) is 11.5 Å². The molecule has 0 amide bonds. The minimum absolute atomic E-state index is 0.155. The maximum absolute atomic E-state index is 11.0. The topological polar surface area (TPSA) is 26.3 Å². The number of rotatable bonds is 3. The van der Waals surface area contributed by atoms with Gasteiger partial charge in [0.05, 0.1) is 7.11 Å². The van der Waals surface area contributed by atoms with Crippen molar-refractivity contribution in [2.24, 2.45) is 0 Å². The quantitative estimate of drug-likeness (QED) is 0.832. The van der Waals surface area contributed by atoms with Crippen LogP contribution in [0.1, 0.15) is 18.1 Å². The van der Waals surface area contributed by atoms with Gasteiger partial charge in [-0.2, -0.15) is 0 Å². The van der Waals surface area contributed by atoms with Crippen LogP contribution in [0.5, 0.6) is 5.75 Å². The SMILES string of the molecule is COc1cc(CC(C)=O)cc(Br)c1C. The van der Waals surface area contributed by atoms with Gasteiger partial charge in [-0.3, -0.25) is 4.79 Å². The normalized spacial score (nSPS) is 10.0. The molecule has 0 unspecified atom stereocenters. The third-order valence-corrected chi connectivity index (χ3v) is 2.85. The summed E-state index contributed by atoms with van der Waals surface area (Å²) < 4.78 is 6.19. The molecule has 76 valence electrons. The largest absolute Gasteiger partial charge is 0.496 e. The number of halogens is 1. The highest BCUT2D eigenvalue weighted by atomic mass is 79.9. The number of ketones is 1. The van der Waals surface area contributed by atoms with Gasteiger partial charge >= 0.3 is 0 Å². The van der Waals surface area contributed by atoms with Crippen molar-refractivity contribution in [3.63, 3.8) is 0 Å². The number of hydrogen-bond donors (Lipinski definition) is 0. The third-order valence-electron chi connectivity index (χ3n) is 2.03. The Bertz CT molecular complexity index is 359. The van der Waals surface area contributed by atoms with Crippen LogP contribution < -0.4 is 4.74 Å². The first kappa shape index (κ1) is 11.2. The molecule has 1 rings (SSSR count). The van der Waals surface area contributed by atoms with Crippen molar-refractivity contribution in [2.75, 3.05) is 7.11 Å². The van der Waals surface area contributed by atoms with E-state index in [4.69, 9.17) is 4.74 Å². The highest BCUT2D eigenvalue weighted by molar-refractivity contribution is 9.10. The second-order valence-corrected chi connectivity index (χ2v) is 4.14. The lowest BCUT2D eigenvalue weighted by Gasteiger charge is -2.09. The van der Waals surface area contributed by atoms with Crippen molar-refractivity contribution in [1.29, 1.82) is 0 Å². The van der Waals surface area contributed by atoms with Gasteiger partial charge in [-0.1, -0.05) is 15.9 Å². The Hall–Kier alpha value is -0.830. The van der Waals surface area contributed by atoms with E-state index in [1.807, 2.05) is 19.1 Å². The van der Waals surface area contributed by atoms with Gasteiger partial charge in [0, 0.05) is 16.5 Å². The van der Waals surface area contributed by atoms with Gasteiger partial charge < -0.3 is 4.74 Å². The van der Waals surface area contributed by atoms with Crippen LogP contribution in [0.3, 0.4) is 0 Å². The van der Waals surface area contributed by atoms with Gasteiger partial charge in [-0.25, -0.2) is 0 Å². The van der Waals surface area contributed by atoms with Crippen molar-refractivity contribution >= 4 is 21.7 Å². The molecule has 0 atom stereocenters. The van der Waals surface area contributed by atoms with E-state index in [1.165, 1.54) is 0 Å². The predicted octanol–water partition coefficient (Wildman–Crippen LogP) is 2.90. The molecule has 0 fully saturated rings. The summed E-state index contributed by atoms with van der Waals surface area (Å²) >= 11 is 3.44. The van der Waals surface area contributed by atoms with Crippen molar-refractivity contribution in [1.82, 2.24) is 0 Å². The molecule has 3 heteroatoms. The second kappa shape index (κ2) is 4.60. The number of carbonyl (C=O) groups excluding carboxylic acids is 1. The number of Topliss-reactive ketones (excluding diaryl/α,β-unsaturated/α-hetero) is 1. The molecule has 0 heterocycles. The highest BCUT2D eigenvalue weighted by Crippen LogP contribution is 2.28. The maximum Gasteiger partial charge on any atom is 0.134 e. The van der Waals surface area contributed by atoms with Crippen molar-refractivity contribution < 1.29 is 9.53 Å². The third kappa shape index (κ3) is 2.58. The van der Waals surface area contributed by atoms with E-state index in [-0.39, 0.29) is 5.78 Å². The average molecular weight is 257 g/mol. The van der Waals surface area contributed by atoms with Crippen LogP contribution in [-0.4, -0.2) is 12.9 Å². The Kier molecular flexibility index (Phi) is 3.69. The van der Waals surface area contributed by atoms with Crippen LogP contribution in [0.15, 0.2) is 16.6 Å². The van der Waals surface area contributed by atoms with Gasteiger partial charge in [0.25, 0.3) is 0 Å². The van der Waals surface area contributed by atoms with Gasteiger partial charge in [-0.15, -0.1) is 0 Å². The minimum Gasteiger partial charge on any atom is -0.496 e. The van der Waals surface area contributed by atoms with E-state index < -0.39 is 0 Å². The molecule has 2 nitrogen and oxygen atoms in total. The lowest BCUT2D eigenvalue weighted by molar-refractivity contribution is -0.116. The summed E-state index contributed by atoms with van der Waals surface area (Å²) in [6.07, 6.45) is 0.454. The molecule has 0 N–H and O–H groups in total. The number of methoxy groups -OCH3 is 1. The summed E-state index contributed by atoms with van der Waals surface area (Å²) in [4.78, 5) is 11.0. The van der Waals surface area contributed by atoms with Crippen LogP contribution in [0.2, 0.25) is 0 Å². The van der Waals surface area contributed by atoms with Crippen molar-refractivity contribution in [2.45, 2.75) is 20.3 Å². The standard InChI is InChI=1S/C11H13BrO2/c1-7(13)4-9-5-10(12)8(2)11(6-9)14-3/h5-6H,4H2,1-3H3. The Labute approximate surface area is 92.4 Å². The Morgan fingerprint density at radius 1 is 1.50 bits per heavy atom. The van der Waals surface area contributed by atoms with E-state index in [0.717, 1.165) is 21.3 Å². The molecular weight excluding hydrogens is 244 g/mol. The fourth-order valence-corrected chi connectivity index (χ4v) is 1.80. The fraction of sp³-hybridized carbons (Fsp3) is 0.364. The lowest BCUT2D eigenvalue weighted by atomic mass is 10.1. The number of benzene rings is 1. The van der Waals surface area contributed by atoms with Crippen LogP contribution in [-0.2, 0) is 11.2 Å². The van der Waals surface area contributed by atoms with Gasteiger partial charge in [-0.05, 0) is 31.5 Å². The molecule has 0 radical (unpaired) electrons. The van der Waals surface area contributed by atoms with Crippen LogP contribution >= 0.6 is 15.9 Å². The number of ether oxygens (including phenoxy) is 1. The first-order valence-electron chi connectivity index (χ1n) is 4.37. The summed E-state index contributed by atoms with van der Waals surface area (Å²) in [5.41, 5.74) is 2.03. The predicted molar refractivity (Wildman–Crippen MR) is 59.8 cm³/mol. The smallest absolute Gasteiger partial charge is 0.134 e. The van der Waals surface area contributed by atoms with E-state index in [1.54, 1.807) is 14.0 Å². The Morgan fingerprint density at radius 2 is 2.14 bits per heavy atom. The van der Waals surface area contributed by atoms with E-state index >= 15 is 0 Å². The van der Waals surface area contributed by atoms with Crippen molar-refractivity contribution in [3.8, 4) is 5.75 Å². The molecule has 0 aromatic heterocycles. The Balaban J connectivity index is 3.09. The molecule has 0 saturated heterocycles. The maximum atomic E-state index is 11.0. The monoisotopic (exact) mass is 256 g/mol. The van der Waals surface area contributed by atoms with E-state index in [9.17, 15) is 4.79 Å². The number of hydrogen-bond acceptors (Lipinski definition) is 2. The lowest BCUT2D eigenvalue weighted by Crippen LogP contribution is -1.98. The zero-order valence-corrected chi connectivity index (χ0v) is 10.1. The summed E-state index contributed by atoms with van der Waals surface area (Å²) in [7, 11) is 1.63. The summed E-state index contributed by atoms with van der Waals surface area (Å²) in [5.74, 6) is 0.971. The molecule has 0 aliphatic carbocycles. The molecular formula is C11H13BrO2. The molecule has 1 aromatic carbocycles. The van der Waals surface area contributed by atoms with Gasteiger partial charge in [0.15, 0.2) is 0 Å². The van der Waals surface area contributed by atoms with E-state index in [2.05, 4.69) is 15.9 Å². The minimum atomic E-state index is 0.155. The van der Waals surface area contributed by atoms with Crippen LogP contribution in [0.4, 0.5) is 0 Å². The zero-order valence-electron chi connectivity index (χ0n) is 8.56. The molecule has 0 aliphatic rings. The number of carbonyl (C=O) groups is 1. The molecule has 14 heavy (non-hydrogen) atoms. The molecule has 1 aromatic rings. The summed E-state index contributed by atoms with van der Waals surface area (Å²) in [5, 5.41) is 0. The average Bonchev–Trinajstić information content (AvgIpc) is 2.10. The zero-order chi connectivity index (χ0) is 10.7. The fourth-order valence-electron chi connectivity index (χ4n) is 1.31. The van der Waals surface area contributed by atoms with Crippen LogP contribution in [0, 0.1) is 6.92 Å². The van der Waals surface area contributed by atoms with Crippen molar-refractivity contribution in [3.05, 3.63) is 27.7 Å². The summed E-state index contributed by atoms with van der Waals surface area (Å²) in [6, 6.07) is 3.86. The molecule has 0 aliphatic heterocycles. The first-order valence-corrected chi connectivity index (χ1v) is 5.16. The molecule has 0 spiro atoms.